The number of nitrogens with one attached hydrogen (secondary N) is 2. The first-order chi connectivity index (χ1) is 13.8. The third-order valence-corrected chi connectivity index (χ3v) is 5.10. The standard InChI is InChI=1S/C14H13NO3.C8H6BrNO/c1-8-11(9(2)15-12(8)14(17)18)13(16)10-6-4-3-5-7-10;9-6-1-2-7-5(3-6)4-8(11)10-7/h3-7,15H,1-2H3,(H,17,18);1-3H,4H2,(H,10,11). The van der Waals surface area contributed by atoms with Gasteiger partial charge in [0.05, 0.1) is 6.42 Å². The number of carboxylic acids is 1. The van der Waals surface area contributed by atoms with Crippen LogP contribution < -0.4 is 5.32 Å². The third kappa shape index (κ3) is 4.46. The molecule has 7 heteroatoms. The van der Waals surface area contributed by atoms with Gasteiger partial charge >= 0.3 is 5.97 Å². The van der Waals surface area contributed by atoms with Crippen molar-refractivity contribution < 1.29 is 19.5 Å². The number of rotatable bonds is 3. The molecule has 0 unspecified atom stereocenters. The molecule has 0 atom stereocenters. The van der Waals surface area contributed by atoms with E-state index in [1.807, 2.05) is 24.3 Å². The predicted octanol–water partition coefficient (Wildman–Crippen LogP) is 4.50. The topological polar surface area (TPSA) is 99.3 Å². The van der Waals surface area contributed by atoms with E-state index >= 15 is 0 Å². The Morgan fingerprint density at radius 1 is 1.07 bits per heavy atom. The Kier molecular flexibility index (Phi) is 5.98. The summed E-state index contributed by atoms with van der Waals surface area (Å²) in [6, 6.07) is 14.6. The number of halogens is 1. The maximum Gasteiger partial charge on any atom is 0.352 e. The van der Waals surface area contributed by atoms with Crippen LogP contribution in [0.2, 0.25) is 0 Å². The largest absolute Gasteiger partial charge is 0.477 e. The highest BCUT2D eigenvalue weighted by Gasteiger charge is 2.22. The summed E-state index contributed by atoms with van der Waals surface area (Å²) in [6.07, 6.45) is 0.509. The Labute approximate surface area is 176 Å². The van der Waals surface area contributed by atoms with Crippen LogP contribution in [0.4, 0.5) is 5.69 Å². The molecule has 0 radical (unpaired) electrons. The van der Waals surface area contributed by atoms with Crippen LogP contribution in [0.1, 0.15) is 43.2 Å². The highest BCUT2D eigenvalue weighted by Crippen LogP contribution is 2.25. The Bertz CT molecular complexity index is 1100. The van der Waals surface area contributed by atoms with Crippen LogP contribution in [0.5, 0.6) is 0 Å². The molecule has 0 saturated carbocycles. The van der Waals surface area contributed by atoms with Gasteiger partial charge in [-0.1, -0.05) is 46.3 Å². The Morgan fingerprint density at radius 3 is 2.38 bits per heavy atom. The van der Waals surface area contributed by atoms with Crippen LogP contribution in [-0.2, 0) is 11.2 Å². The summed E-state index contributed by atoms with van der Waals surface area (Å²) in [5, 5.41) is 11.8. The van der Waals surface area contributed by atoms with Crippen molar-refractivity contribution in [3.05, 3.63) is 86.6 Å². The summed E-state index contributed by atoms with van der Waals surface area (Å²) >= 11 is 3.35. The average molecular weight is 455 g/mol. The zero-order valence-electron chi connectivity index (χ0n) is 15.9. The van der Waals surface area contributed by atoms with E-state index in [0.717, 1.165) is 15.7 Å². The van der Waals surface area contributed by atoms with Gasteiger partial charge in [-0.15, -0.1) is 0 Å². The molecule has 2 heterocycles. The molecule has 0 bridgehead atoms. The van der Waals surface area contributed by atoms with Crippen LogP contribution in [0, 0.1) is 13.8 Å². The number of aryl methyl sites for hydroxylation is 1. The number of H-pyrrole nitrogens is 1. The van der Waals surface area contributed by atoms with E-state index < -0.39 is 5.97 Å². The van der Waals surface area contributed by atoms with Crippen molar-refractivity contribution in [3.8, 4) is 0 Å². The van der Waals surface area contributed by atoms with E-state index in [9.17, 15) is 14.4 Å². The number of amides is 1. The molecule has 3 N–H and O–H groups in total. The quantitative estimate of drug-likeness (QED) is 0.507. The molecule has 6 nitrogen and oxygen atoms in total. The minimum atomic E-state index is -1.05. The second-order valence-electron chi connectivity index (χ2n) is 6.65. The van der Waals surface area contributed by atoms with Crippen LogP contribution in [0.15, 0.2) is 53.0 Å². The molecule has 1 aromatic heterocycles. The second kappa shape index (κ2) is 8.45. The van der Waals surface area contributed by atoms with Gasteiger partial charge in [-0.3, -0.25) is 9.59 Å². The third-order valence-electron chi connectivity index (χ3n) is 4.61. The number of hydrogen-bond donors (Lipinski definition) is 3. The number of aromatic amines is 1. The molecule has 2 aromatic carbocycles. The SMILES string of the molecule is Cc1[nH]c(C(=O)O)c(C)c1C(=O)c1ccccc1.O=C1Cc2cc(Br)ccc2N1. The Balaban J connectivity index is 0.000000186. The van der Waals surface area contributed by atoms with Crippen molar-refractivity contribution in [1.82, 2.24) is 4.98 Å². The molecule has 4 rings (SSSR count). The maximum absolute atomic E-state index is 12.3. The van der Waals surface area contributed by atoms with Crippen LogP contribution >= 0.6 is 15.9 Å². The molecule has 1 aliphatic heterocycles. The molecule has 3 aromatic rings. The summed E-state index contributed by atoms with van der Waals surface area (Å²) < 4.78 is 1.02. The number of carbonyl (C=O) groups is 3. The zero-order chi connectivity index (χ0) is 21.1. The van der Waals surface area contributed by atoms with E-state index in [4.69, 9.17) is 5.11 Å². The lowest BCUT2D eigenvalue weighted by Gasteiger charge is -2.01. The van der Waals surface area contributed by atoms with Gasteiger partial charge in [0.15, 0.2) is 5.78 Å². The lowest BCUT2D eigenvalue weighted by Crippen LogP contribution is -2.04. The summed E-state index contributed by atoms with van der Waals surface area (Å²) in [5.74, 6) is -1.13. The van der Waals surface area contributed by atoms with Gasteiger partial charge in [-0.2, -0.15) is 0 Å². The molecule has 0 saturated heterocycles. The number of carbonyl (C=O) groups excluding carboxylic acids is 2. The van der Waals surface area contributed by atoms with Gasteiger partial charge in [-0.25, -0.2) is 4.79 Å². The van der Waals surface area contributed by atoms with Crippen molar-refractivity contribution in [1.29, 1.82) is 0 Å². The Hall–Kier alpha value is -3.19. The number of aromatic nitrogens is 1. The summed E-state index contributed by atoms with van der Waals surface area (Å²) in [5.41, 5.74) is 4.15. The van der Waals surface area contributed by atoms with Gasteiger partial charge in [0.25, 0.3) is 0 Å². The lowest BCUT2D eigenvalue weighted by atomic mass is 10.00. The number of hydrogen-bond acceptors (Lipinski definition) is 3. The normalized spacial score (nSPS) is 11.9. The fourth-order valence-electron chi connectivity index (χ4n) is 3.24. The first-order valence-corrected chi connectivity index (χ1v) is 9.67. The van der Waals surface area contributed by atoms with Crippen LogP contribution in [0.25, 0.3) is 0 Å². The monoisotopic (exact) mass is 454 g/mol. The summed E-state index contributed by atoms with van der Waals surface area (Å²) in [4.78, 5) is 36.9. The number of anilines is 1. The molecular formula is C22H19BrN2O4. The van der Waals surface area contributed by atoms with Crippen LogP contribution in [-0.4, -0.2) is 27.8 Å². The first-order valence-electron chi connectivity index (χ1n) is 8.88. The number of ketones is 1. The van der Waals surface area contributed by atoms with Crippen molar-refractivity contribution >= 4 is 39.3 Å². The number of aromatic carboxylic acids is 1. The molecule has 29 heavy (non-hydrogen) atoms. The molecular weight excluding hydrogens is 436 g/mol. The minimum absolute atomic E-state index is 0.0757. The molecule has 1 amide bonds. The molecule has 0 spiro atoms. The smallest absolute Gasteiger partial charge is 0.352 e. The fraction of sp³-hybridized carbons (Fsp3) is 0.136. The minimum Gasteiger partial charge on any atom is -0.477 e. The number of carboxylic acid groups (broad SMARTS) is 1. The number of benzene rings is 2. The molecule has 1 aliphatic rings. The van der Waals surface area contributed by atoms with E-state index in [1.54, 1.807) is 38.1 Å². The fourth-order valence-corrected chi connectivity index (χ4v) is 3.64. The van der Waals surface area contributed by atoms with E-state index in [2.05, 4.69) is 26.2 Å². The van der Waals surface area contributed by atoms with Crippen molar-refractivity contribution in [3.63, 3.8) is 0 Å². The summed E-state index contributed by atoms with van der Waals surface area (Å²) in [6.45, 7) is 3.35. The molecule has 0 aliphatic carbocycles. The van der Waals surface area contributed by atoms with E-state index in [1.165, 1.54) is 0 Å². The maximum atomic E-state index is 12.3. The number of fused-ring (bicyclic) bond motifs is 1. The van der Waals surface area contributed by atoms with Gasteiger partial charge in [-0.05, 0) is 43.2 Å². The molecule has 148 valence electrons. The van der Waals surface area contributed by atoms with Crippen molar-refractivity contribution in [2.45, 2.75) is 20.3 Å². The van der Waals surface area contributed by atoms with Crippen LogP contribution in [0.3, 0.4) is 0 Å². The zero-order valence-corrected chi connectivity index (χ0v) is 17.5. The first kappa shape index (κ1) is 20.5. The predicted molar refractivity (Wildman–Crippen MR) is 114 cm³/mol. The lowest BCUT2D eigenvalue weighted by molar-refractivity contribution is -0.115. The van der Waals surface area contributed by atoms with Gasteiger partial charge < -0.3 is 15.4 Å². The highest BCUT2D eigenvalue weighted by atomic mass is 79.9. The second-order valence-corrected chi connectivity index (χ2v) is 7.57. The van der Waals surface area contributed by atoms with Crippen molar-refractivity contribution in [2.24, 2.45) is 0 Å². The van der Waals surface area contributed by atoms with Gasteiger partial charge in [0.2, 0.25) is 5.91 Å². The molecule has 0 fully saturated rings. The van der Waals surface area contributed by atoms with Crippen molar-refractivity contribution in [2.75, 3.05) is 5.32 Å². The van der Waals surface area contributed by atoms with Gasteiger partial charge in [0.1, 0.15) is 5.69 Å². The van der Waals surface area contributed by atoms with E-state index in [0.29, 0.717) is 28.8 Å². The van der Waals surface area contributed by atoms with E-state index in [-0.39, 0.29) is 17.4 Å². The van der Waals surface area contributed by atoms with Gasteiger partial charge in [0, 0.05) is 27.0 Å². The summed E-state index contributed by atoms with van der Waals surface area (Å²) in [7, 11) is 0. The highest BCUT2D eigenvalue weighted by molar-refractivity contribution is 9.10. The Morgan fingerprint density at radius 2 is 1.76 bits per heavy atom. The average Bonchev–Trinajstić information content (AvgIpc) is 3.20.